The number of hydrogen-bond donors (Lipinski definition) is 1. The van der Waals surface area contributed by atoms with Gasteiger partial charge in [0.05, 0.1) is 5.69 Å². The first-order valence-corrected chi connectivity index (χ1v) is 5.43. The van der Waals surface area contributed by atoms with Crippen LogP contribution in [-0.4, -0.2) is 35.1 Å². The molecule has 0 spiro atoms. The number of H-pyrrole nitrogens is 1. The molecule has 4 nitrogen and oxygen atoms in total. The Labute approximate surface area is 100 Å². The van der Waals surface area contributed by atoms with Gasteiger partial charge in [-0.15, -0.1) is 0 Å². The van der Waals surface area contributed by atoms with Crippen LogP contribution in [0.1, 0.15) is 16.1 Å². The van der Waals surface area contributed by atoms with Crippen molar-refractivity contribution in [2.75, 3.05) is 14.1 Å². The summed E-state index contributed by atoms with van der Waals surface area (Å²) in [6, 6.07) is 9.86. The predicted molar refractivity (Wildman–Crippen MR) is 66.8 cm³/mol. The summed E-state index contributed by atoms with van der Waals surface area (Å²) in [5.74, 6) is -0.0825. The van der Waals surface area contributed by atoms with E-state index in [1.165, 1.54) is 4.90 Å². The van der Waals surface area contributed by atoms with E-state index in [4.69, 9.17) is 0 Å². The number of carbonyl (C=O) groups excluding carboxylic acids is 1. The van der Waals surface area contributed by atoms with Crippen molar-refractivity contribution in [2.24, 2.45) is 0 Å². The van der Waals surface area contributed by atoms with Crippen LogP contribution in [0.25, 0.3) is 11.3 Å². The van der Waals surface area contributed by atoms with E-state index in [1.54, 1.807) is 14.1 Å². The van der Waals surface area contributed by atoms with E-state index in [2.05, 4.69) is 10.2 Å². The van der Waals surface area contributed by atoms with Gasteiger partial charge in [0.2, 0.25) is 0 Å². The number of rotatable bonds is 2. The van der Waals surface area contributed by atoms with Crippen LogP contribution < -0.4 is 0 Å². The smallest absolute Gasteiger partial charge is 0.274 e. The molecular formula is C13H15N3O. The predicted octanol–water partition coefficient (Wildman–Crippen LogP) is 2.09. The van der Waals surface area contributed by atoms with Crippen molar-refractivity contribution < 1.29 is 4.79 Å². The molecular weight excluding hydrogens is 214 g/mol. The molecule has 1 aromatic heterocycles. The SMILES string of the molecule is Cc1c(C(=O)N(C)C)n[nH]c1-c1ccccc1. The zero-order valence-corrected chi connectivity index (χ0v) is 10.2. The van der Waals surface area contributed by atoms with E-state index in [-0.39, 0.29) is 5.91 Å². The molecule has 0 aliphatic heterocycles. The maximum Gasteiger partial charge on any atom is 0.274 e. The molecule has 1 aromatic carbocycles. The maximum atomic E-state index is 11.9. The quantitative estimate of drug-likeness (QED) is 0.857. The average molecular weight is 229 g/mol. The van der Waals surface area contributed by atoms with Gasteiger partial charge in [0.1, 0.15) is 0 Å². The summed E-state index contributed by atoms with van der Waals surface area (Å²) in [5.41, 5.74) is 3.30. The van der Waals surface area contributed by atoms with Crippen molar-refractivity contribution >= 4 is 5.91 Å². The lowest BCUT2D eigenvalue weighted by molar-refractivity contribution is 0.0821. The van der Waals surface area contributed by atoms with E-state index in [0.29, 0.717) is 5.69 Å². The van der Waals surface area contributed by atoms with Crippen molar-refractivity contribution in [1.82, 2.24) is 15.1 Å². The molecule has 1 heterocycles. The second-order valence-electron chi connectivity index (χ2n) is 4.14. The second-order valence-corrected chi connectivity index (χ2v) is 4.14. The Morgan fingerprint density at radius 1 is 1.24 bits per heavy atom. The zero-order chi connectivity index (χ0) is 12.4. The van der Waals surface area contributed by atoms with Crippen LogP contribution in [0.15, 0.2) is 30.3 Å². The molecule has 2 rings (SSSR count). The number of nitrogens with one attached hydrogen (secondary N) is 1. The number of nitrogens with zero attached hydrogens (tertiary/aromatic N) is 2. The molecule has 0 atom stereocenters. The number of aromatic amines is 1. The summed E-state index contributed by atoms with van der Waals surface area (Å²) in [4.78, 5) is 13.4. The molecule has 0 saturated heterocycles. The Kier molecular flexibility index (Phi) is 2.95. The molecule has 0 radical (unpaired) electrons. The minimum Gasteiger partial charge on any atom is -0.343 e. The number of benzene rings is 1. The van der Waals surface area contributed by atoms with Gasteiger partial charge >= 0.3 is 0 Å². The van der Waals surface area contributed by atoms with Gasteiger partial charge in [-0.2, -0.15) is 5.10 Å². The molecule has 4 heteroatoms. The summed E-state index contributed by atoms with van der Waals surface area (Å²) in [7, 11) is 3.44. The summed E-state index contributed by atoms with van der Waals surface area (Å²) in [6.45, 7) is 1.91. The van der Waals surface area contributed by atoms with E-state index < -0.39 is 0 Å². The molecule has 0 aliphatic rings. The number of amides is 1. The van der Waals surface area contributed by atoms with Gasteiger partial charge < -0.3 is 4.90 Å². The van der Waals surface area contributed by atoms with Crippen molar-refractivity contribution in [2.45, 2.75) is 6.92 Å². The van der Waals surface area contributed by atoms with E-state index >= 15 is 0 Å². The van der Waals surface area contributed by atoms with Crippen LogP contribution in [-0.2, 0) is 0 Å². The van der Waals surface area contributed by atoms with Crippen molar-refractivity contribution in [3.05, 3.63) is 41.6 Å². The van der Waals surface area contributed by atoms with Crippen molar-refractivity contribution in [3.63, 3.8) is 0 Å². The maximum absolute atomic E-state index is 11.9. The molecule has 0 aliphatic carbocycles. The Morgan fingerprint density at radius 3 is 2.47 bits per heavy atom. The van der Waals surface area contributed by atoms with Crippen LogP contribution in [0.2, 0.25) is 0 Å². The van der Waals surface area contributed by atoms with Gasteiger partial charge in [-0.1, -0.05) is 30.3 Å². The lowest BCUT2D eigenvalue weighted by Crippen LogP contribution is -2.22. The third-order valence-corrected chi connectivity index (χ3v) is 2.68. The number of carbonyl (C=O) groups is 1. The number of hydrogen-bond acceptors (Lipinski definition) is 2. The Hall–Kier alpha value is -2.10. The number of aromatic nitrogens is 2. The normalized spacial score (nSPS) is 10.3. The van der Waals surface area contributed by atoms with Crippen molar-refractivity contribution in [3.8, 4) is 11.3 Å². The standard InChI is InChI=1S/C13H15N3O/c1-9-11(10-7-5-4-6-8-10)14-15-12(9)13(17)16(2)3/h4-8H,1-3H3,(H,14,15). The monoisotopic (exact) mass is 229 g/mol. The van der Waals surface area contributed by atoms with Crippen LogP contribution in [0, 0.1) is 6.92 Å². The summed E-state index contributed by atoms with van der Waals surface area (Å²) in [5, 5.41) is 7.03. The van der Waals surface area contributed by atoms with Crippen LogP contribution in [0.4, 0.5) is 0 Å². The first-order valence-electron chi connectivity index (χ1n) is 5.43. The first kappa shape index (κ1) is 11.4. The van der Waals surface area contributed by atoms with Gasteiger partial charge in [-0.05, 0) is 12.5 Å². The summed E-state index contributed by atoms with van der Waals surface area (Å²) >= 11 is 0. The molecule has 88 valence electrons. The molecule has 1 N–H and O–H groups in total. The Bertz CT molecular complexity index is 529. The summed E-state index contributed by atoms with van der Waals surface area (Å²) in [6.07, 6.45) is 0. The minimum atomic E-state index is -0.0825. The molecule has 1 amide bonds. The van der Waals surface area contributed by atoms with Gasteiger partial charge in [0.25, 0.3) is 5.91 Å². The highest BCUT2D eigenvalue weighted by atomic mass is 16.2. The lowest BCUT2D eigenvalue weighted by Gasteiger charge is -2.08. The molecule has 0 bridgehead atoms. The van der Waals surface area contributed by atoms with Gasteiger partial charge in [-0.3, -0.25) is 9.89 Å². The fourth-order valence-electron chi connectivity index (χ4n) is 1.70. The first-order chi connectivity index (χ1) is 8.11. The third kappa shape index (κ3) is 2.06. The van der Waals surface area contributed by atoms with Gasteiger partial charge in [0, 0.05) is 19.7 Å². The molecule has 2 aromatic rings. The zero-order valence-electron chi connectivity index (χ0n) is 10.2. The molecule has 0 fully saturated rings. The summed E-state index contributed by atoms with van der Waals surface area (Å²) < 4.78 is 0. The van der Waals surface area contributed by atoms with E-state index in [1.807, 2.05) is 37.3 Å². The lowest BCUT2D eigenvalue weighted by atomic mass is 10.1. The second kappa shape index (κ2) is 4.41. The largest absolute Gasteiger partial charge is 0.343 e. The van der Waals surface area contributed by atoms with Crippen LogP contribution >= 0.6 is 0 Å². The highest BCUT2D eigenvalue weighted by molar-refractivity contribution is 5.95. The fourth-order valence-corrected chi connectivity index (χ4v) is 1.70. The Balaban J connectivity index is 2.44. The van der Waals surface area contributed by atoms with Gasteiger partial charge in [0.15, 0.2) is 5.69 Å². The molecule has 17 heavy (non-hydrogen) atoms. The van der Waals surface area contributed by atoms with E-state index in [0.717, 1.165) is 16.8 Å². The van der Waals surface area contributed by atoms with Crippen LogP contribution in [0.3, 0.4) is 0 Å². The molecule has 0 unspecified atom stereocenters. The topological polar surface area (TPSA) is 49.0 Å². The van der Waals surface area contributed by atoms with Crippen LogP contribution in [0.5, 0.6) is 0 Å². The highest BCUT2D eigenvalue weighted by Gasteiger charge is 2.18. The van der Waals surface area contributed by atoms with E-state index in [9.17, 15) is 4.79 Å². The van der Waals surface area contributed by atoms with Crippen molar-refractivity contribution in [1.29, 1.82) is 0 Å². The minimum absolute atomic E-state index is 0.0825. The van der Waals surface area contributed by atoms with Gasteiger partial charge in [-0.25, -0.2) is 0 Å². The fraction of sp³-hybridized carbons (Fsp3) is 0.231. The highest BCUT2D eigenvalue weighted by Crippen LogP contribution is 2.23. The third-order valence-electron chi connectivity index (χ3n) is 2.68. The Morgan fingerprint density at radius 2 is 1.88 bits per heavy atom. The average Bonchev–Trinajstić information content (AvgIpc) is 2.71. The molecule has 0 saturated carbocycles.